The van der Waals surface area contributed by atoms with Crippen molar-refractivity contribution < 1.29 is 9.53 Å². The van der Waals surface area contributed by atoms with E-state index in [1.54, 1.807) is 18.2 Å². The molecule has 0 aliphatic heterocycles. The number of aryl methyl sites for hydroxylation is 1. The lowest BCUT2D eigenvalue weighted by molar-refractivity contribution is 0.0490. The highest BCUT2D eigenvalue weighted by Gasteiger charge is 2.16. The summed E-state index contributed by atoms with van der Waals surface area (Å²) >= 11 is 0. The Morgan fingerprint density at radius 3 is 2.74 bits per heavy atom. The van der Waals surface area contributed by atoms with E-state index in [2.05, 4.69) is 6.07 Å². The summed E-state index contributed by atoms with van der Waals surface area (Å²) in [7, 11) is 0. The first-order valence-corrected chi connectivity index (χ1v) is 6.30. The molecule has 0 atom stereocenters. The van der Waals surface area contributed by atoms with Crippen LogP contribution in [0.15, 0.2) is 18.2 Å². The molecule has 1 aromatic rings. The number of nitrogens with two attached hydrogens (primary N) is 1. The molecular formula is C15H20N2O2. The van der Waals surface area contributed by atoms with Gasteiger partial charge in [-0.2, -0.15) is 5.26 Å². The number of nitrogen functional groups attached to an aromatic ring is 1. The van der Waals surface area contributed by atoms with Crippen molar-refractivity contribution in [2.45, 2.75) is 33.6 Å². The van der Waals surface area contributed by atoms with Crippen LogP contribution in [0.1, 0.15) is 42.6 Å². The normalized spacial score (nSPS) is 10.8. The predicted molar refractivity (Wildman–Crippen MR) is 74.5 cm³/mol. The molecule has 0 spiro atoms. The lowest BCUT2D eigenvalue weighted by atomic mass is 9.90. The van der Waals surface area contributed by atoms with Crippen molar-refractivity contribution in [1.29, 1.82) is 5.26 Å². The van der Waals surface area contributed by atoms with Crippen molar-refractivity contribution in [3.05, 3.63) is 29.3 Å². The lowest BCUT2D eigenvalue weighted by Crippen LogP contribution is -2.12. The molecular weight excluding hydrogens is 240 g/mol. The third-order valence-corrected chi connectivity index (χ3v) is 2.95. The topological polar surface area (TPSA) is 76.1 Å². The minimum atomic E-state index is -0.372. The fraction of sp³-hybridized carbons (Fsp3) is 0.467. The van der Waals surface area contributed by atoms with Crippen molar-refractivity contribution in [3.8, 4) is 6.07 Å². The van der Waals surface area contributed by atoms with Crippen molar-refractivity contribution in [2.24, 2.45) is 5.41 Å². The number of esters is 1. The van der Waals surface area contributed by atoms with Gasteiger partial charge in [-0.25, -0.2) is 4.79 Å². The van der Waals surface area contributed by atoms with Crippen molar-refractivity contribution in [3.63, 3.8) is 0 Å². The monoisotopic (exact) mass is 260 g/mol. The van der Waals surface area contributed by atoms with Gasteiger partial charge in [-0.05, 0) is 57.4 Å². The van der Waals surface area contributed by atoms with Gasteiger partial charge in [-0.1, -0.05) is 0 Å². The Labute approximate surface area is 114 Å². The highest BCUT2D eigenvalue weighted by atomic mass is 16.5. The SMILES string of the molecule is Cc1cc(N)ccc1C(=O)OCCCC(C)(C)C#N. The number of anilines is 1. The van der Waals surface area contributed by atoms with E-state index in [1.807, 2.05) is 20.8 Å². The first-order chi connectivity index (χ1) is 8.85. The summed E-state index contributed by atoms with van der Waals surface area (Å²) < 4.78 is 5.20. The predicted octanol–water partition coefficient (Wildman–Crippen LogP) is 3.06. The summed E-state index contributed by atoms with van der Waals surface area (Å²) in [5.41, 5.74) is 7.23. The van der Waals surface area contributed by atoms with Gasteiger partial charge in [0, 0.05) is 5.69 Å². The maximum absolute atomic E-state index is 11.8. The molecule has 0 aromatic heterocycles. The van der Waals surface area contributed by atoms with E-state index in [4.69, 9.17) is 15.7 Å². The molecule has 1 rings (SSSR count). The van der Waals surface area contributed by atoms with Crippen LogP contribution < -0.4 is 5.73 Å². The van der Waals surface area contributed by atoms with E-state index in [1.165, 1.54) is 0 Å². The molecule has 0 saturated heterocycles. The molecule has 4 nitrogen and oxygen atoms in total. The summed E-state index contributed by atoms with van der Waals surface area (Å²) in [6.07, 6.45) is 1.39. The first-order valence-electron chi connectivity index (χ1n) is 6.30. The van der Waals surface area contributed by atoms with Crippen molar-refractivity contribution in [2.75, 3.05) is 12.3 Å². The van der Waals surface area contributed by atoms with Gasteiger partial charge in [0.05, 0.1) is 23.7 Å². The fourth-order valence-electron chi connectivity index (χ4n) is 1.73. The van der Waals surface area contributed by atoms with Crippen LogP contribution in [0.5, 0.6) is 0 Å². The molecule has 4 heteroatoms. The Bertz CT molecular complexity index is 501. The smallest absolute Gasteiger partial charge is 0.338 e. The highest BCUT2D eigenvalue weighted by Crippen LogP contribution is 2.20. The van der Waals surface area contributed by atoms with Gasteiger partial charge in [0.2, 0.25) is 0 Å². The fourth-order valence-corrected chi connectivity index (χ4v) is 1.73. The van der Waals surface area contributed by atoms with E-state index in [0.29, 0.717) is 30.7 Å². The number of carbonyl (C=O) groups is 1. The summed E-state index contributed by atoms with van der Waals surface area (Å²) in [6, 6.07) is 7.32. The van der Waals surface area contributed by atoms with Crippen LogP contribution >= 0.6 is 0 Å². The Hall–Kier alpha value is -2.02. The quantitative estimate of drug-likeness (QED) is 0.501. The van der Waals surface area contributed by atoms with Gasteiger partial charge < -0.3 is 10.5 Å². The molecule has 0 saturated carbocycles. The van der Waals surface area contributed by atoms with Crippen molar-refractivity contribution in [1.82, 2.24) is 0 Å². The second-order valence-electron chi connectivity index (χ2n) is 5.31. The maximum atomic E-state index is 11.8. The molecule has 0 radical (unpaired) electrons. The molecule has 0 aliphatic rings. The van der Waals surface area contributed by atoms with E-state index in [9.17, 15) is 4.79 Å². The molecule has 0 aliphatic carbocycles. The minimum Gasteiger partial charge on any atom is -0.462 e. The second kappa shape index (κ2) is 6.24. The Morgan fingerprint density at radius 2 is 2.16 bits per heavy atom. The summed E-state index contributed by atoms with van der Waals surface area (Å²) in [5, 5.41) is 8.87. The van der Waals surface area contributed by atoms with Crippen LogP contribution in [-0.2, 0) is 4.74 Å². The zero-order valence-corrected chi connectivity index (χ0v) is 11.7. The Kier molecular flexibility index (Phi) is 4.94. The molecule has 0 fully saturated rings. The summed E-state index contributed by atoms with van der Waals surface area (Å²) in [6.45, 7) is 5.90. The summed E-state index contributed by atoms with van der Waals surface area (Å²) in [5.74, 6) is -0.340. The minimum absolute atomic E-state index is 0.327. The van der Waals surface area contributed by atoms with Gasteiger partial charge in [0.25, 0.3) is 0 Å². The number of benzene rings is 1. The molecule has 2 N–H and O–H groups in total. The Balaban J connectivity index is 2.46. The van der Waals surface area contributed by atoms with Gasteiger partial charge in [-0.15, -0.1) is 0 Å². The van der Waals surface area contributed by atoms with Gasteiger partial charge in [0.15, 0.2) is 0 Å². The molecule has 0 bridgehead atoms. The van der Waals surface area contributed by atoms with Crippen LogP contribution in [0, 0.1) is 23.7 Å². The molecule has 0 heterocycles. The van der Waals surface area contributed by atoms with Gasteiger partial charge >= 0.3 is 5.97 Å². The highest BCUT2D eigenvalue weighted by molar-refractivity contribution is 5.91. The number of nitrogens with zero attached hydrogens (tertiary/aromatic N) is 1. The van der Waals surface area contributed by atoms with Crippen LogP contribution in [0.3, 0.4) is 0 Å². The average Bonchev–Trinajstić information content (AvgIpc) is 2.34. The van der Waals surface area contributed by atoms with E-state index < -0.39 is 0 Å². The van der Waals surface area contributed by atoms with Crippen LogP contribution in [0.2, 0.25) is 0 Å². The number of carbonyl (C=O) groups excluding carboxylic acids is 1. The van der Waals surface area contributed by atoms with Gasteiger partial charge in [0.1, 0.15) is 0 Å². The van der Waals surface area contributed by atoms with Crippen LogP contribution in [-0.4, -0.2) is 12.6 Å². The molecule has 0 unspecified atom stereocenters. The number of rotatable bonds is 5. The number of hydrogen-bond donors (Lipinski definition) is 1. The zero-order valence-electron chi connectivity index (χ0n) is 11.7. The van der Waals surface area contributed by atoms with Crippen LogP contribution in [0.4, 0.5) is 5.69 Å². The first kappa shape index (κ1) is 15.0. The number of hydrogen-bond acceptors (Lipinski definition) is 4. The maximum Gasteiger partial charge on any atom is 0.338 e. The summed E-state index contributed by atoms with van der Waals surface area (Å²) in [4.78, 5) is 11.8. The third-order valence-electron chi connectivity index (χ3n) is 2.95. The average molecular weight is 260 g/mol. The molecule has 1 aromatic carbocycles. The lowest BCUT2D eigenvalue weighted by Gasteiger charge is -2.14. The third kappa shape index (κ3) is 4.63. The zero-order chi connectivity index (χ0) is 14.5. The van der Waals surface area contributed by atoms with E-state index in [0.717, 1.165) is 5.56 Å². The second-order valence-corrected chi connectivity index (χ2v) is 5.31. The standard InChI is InChI=1S/C15H20N2O2/c1-11-9-12(17)5-6-13(11)14(18)19-8-4-7-15(2,3)10-16/h5-6,9H,4,7-8,17H2,1-3H3. The van der Waals surface area contributed by atoms with Crippen LogP contribution in [0.25, 0.3) is 0 Å². The molecule has 0 amide bonds. The number of ether oxygens (including phenoxy) is 1. The largest absolute Gasteiger partial charge is 0.462 e. The number of nitriles is 1. The van der Waals surface area contributed by atoms with Crippen molar-refractivity contribution >= 4 is 11.7 Å². The molecule has 19 heavy (non-hydrogen) atoms. The van der Waals surface area contributed by atoms with E-state index >= 15 is 0 Å². The Morgan fingerprint density at radius 1 is 1.47 bits per heavy atom. The molecule has 102 valence electrons. The van der Waals surface area contributed by atoms with E-state index in [-0.39, 0.29) is 11.4 Å². The van der Waals surface area contributed by atoms with Gasteiger partial charge in [-0.3, -0.25) is 0 Å².